The molecule has 0 saturated heterocycles. The van der Waals surface area contributed by atoms with Crippen LogP contribution in [0.5, 0.6) is 0 Å². The predicted molar refractivity (Wildman–Crippen MR) is 53.4 cm³/mol. The Hall–Kier alpha value is 0.130. The molecule has 0 saturated carbocycles. The standard InChI is InChI=1S/C6H7BrN2S2/c1-4(7)3-10-6-8-5(2)9-11-6/h1,3H2,2H3. The van der Waals surface area contributed by atoms with Crippen LogP contribution in [0.1, 0.15) is 5.82 Å². The van der Waals surface area contributed by atoms with Gasteiger partial charge in [0.05, 0.1) is 0 Å². The molecular weight excluding hydrogens is 244 g/mol. The summed E-state index contributed by atoms with van der Waals surface area (Å²) in [6.45, 7) is 5.62. The van der Waals surface area contributed by atoms with Gasteiger partial charge in [-0.1, -0.05) is 34.3 Å². The molecule has 0 aliphatic rings. The third kappa shape index (κ3) is 3.35. The van der Waals surface area contributed by atoms with E-state index in [2.05, 4.69) is 31.9 Å². The molecule has 0 atom stereocenters. The van der Waals surface area contributed by atoms with E-state index in [1.807, 2.05) is 6.92 Å². The first-order chi connectivity index (χ1) is 5.18. The minimum atomic E-state index is 0.845. The Morgan fingerprint density at radius 3 is 3.00 bits per heavy atom. The maximum absolute atomic E-state index is 4.19. The van der Waals surface area contributed by atoms with Crippen molar-refractivity contribution >= 4 is 39.2 Å². The first-order valence-electron chi connectivity index (χ1n) is 2.95. The molecule has 0 amide bonds. The van der Waals surface area contributed by atoms with E-state index in [1.54, 1.807) is 11.8 Å². The van der Waals surface area contributed by atoms with Gasteiger partial charge in [-0.15, -0.1) is 0 Å². The summed E-state index contributed by atoms with van der Waals surface area (Å²) in [7, 11) is 0. The van der Waals surface area contributed by atoms with Crippen LogP contribution in [0.25, 0.3) is 0 Å². The molecule has 60 valence electrons. The molecule has 1 rings (SSSR count). The Morgan fingerprint density at radius 2 is 2.55 bits per heavy atom. The zero-order valence-electron chi connectivity index (χ0n) is 6.00. The van der Waals surface area contributed by atoms with Gasteiger partial charge in [-0.2, -0.15) is 4.37 Å². The third-order valence-corrected chi connectivity index (χ3v) is 3.52. The minimum Gasteiger partial charge on any atom is -0.213 e. The second-order valence-corrected chi connectivity index (χ2v) is 5.01. The number of aromatic nitrogens is 2. The van der Waals surface area contributed by atoms with E-state index < -0.39 is 0 Å². The Labute approximate surface area is 82.4 Å². The third-order valence-electron chi connectivity index (χ3n) is 0.861. The topological polar surface area (TPSA) is 25.8 Å². The number of aryl methyl sites for hydroxylation is 1. The molecular formula is C6H7BrN2S2. The lowest BCUT2D eigenvalue weighted by atomic mass is 10.8. The van der Waals surface area contributed by atoms with E-state index in [1.165, 1.54) is 11.5 Å². The van der Waals surface area contributed by atoms with E-state index in [-0.39, 0.29) is 0 Å². The summed E-state index contributed by atoms with van der Waals surface area (Å²) in [5, 5.41) is 0. The monoisotopic (exact) mass is 250 g/mol. The van der Waals surface area contributed by atoms with Crippen LogP contribution in [0, 0.1) is 6.92 Å². The number of rotatable bonds is 3. The number of halogens is 1. The highest BCUT2D eigenvalue weighted by Crippen LogP contribution is 2.23. The number of hydrogen-bond acceptors (Lipinski definition) is 4. The van der Waals surface area contributed by atoms with Crippen LogP contribution in [-0.2, 0) is 0 Å². The van der Waals surface area contributed by atoms with Crippen molar-refractivity contribution in [3.63, 3.8) is 0 Å². The van der Waals surface area contributed by atoms with Gasteiger partial charge in [0.1, 0.15) is 5.82 Å². The summed E-state index contributed by atoms with van der Waals surface area (Å²) in [6.07, 6.45) is 0. The highest BCUT2D eigenvalue weighted by molar-refractivity contribution is 9.11. The molecule has 11 heavy (non-hydrogen) atoms. The molecule has 0 N–H and O–H groups in total. The first kappa shape index (κ1) is 9.22. The lowest BCUT2D eigenvalue weighted by Crippen LogP contribution is -1.76. The molecule has 2 nitrogen and oxygen atoms in total. The summed E-state index contributed by atoms with van der Waals surface area (Å²) in [6, 6.07) is 0. The highest BCUT2D eigenvalue weighted by atomic mass is 79.9. The van der Waals surface area contributed by atoms with Gasteiger partial charge in [-0.05, 0) is 22.9 Å². The van der Waals surface area contributed by atoms with Crippen molar-refractivity contribution in [1.82, 2.24) is 9.36 Å². The number of nitrogens with zero attached hydrogens (tertiary/aromatic N) is 2. The molecule has 0 fully saturated rings. The molecule has 0 bridgehead atoms. The Morgan fingerprint density at radius 1 is 1.82 bits per heavy atom. The fraction of sp³-hybridized carbons (Fsp3) is 0.333. The fourth-order valence-electron chi connectivity index (χ4n) is 0.477. The first-order valence-corrected chi connectivity index (χ1v) is 5.50. The van der Waals surface area contributed by atoms with E-state index in [0.717, 1.165) is 20.4 Å². The van der Waals surface area contributed by atoms with Crippen LogP contribution in [0.2, 0.25) is 0 Å². The molecule has 0 aromatic carbocycles. The maximum atomic E-state index is 4.19. The van der Waals surface area contributed by atoms with Crippen molar-refractivity contribution in [1.29, 1.82) is 0 Å². The summed E-state index contributed by atoms with van der Waals surface area (Å²) in [5.74, 6) is 1.70. The molecule has 0 spiro atoms. The van der Waals surface area contributed by atoms with Gasteiger partial charge in [0, 0.05) is 5.75 Å². The smallest absolute Gasteiger partial charge is 0.170 e. The van der Waals surface area contributed by atoms with Gasteiger partial charge < -0.3 is 0 Å². The minimum absolute atomic E-state index is 0.845. The van der Waals surface area contributed by atoms with Crippen LogP contribution < -0.4 is 0 Å². The lowest BCUT2D eigenvalue weighted by molar-refractivity contribution is 1.10. The van der Waals surface area contributed by atoms with Crippen molar-refractivity contribution in [3.8, 4) is 0 Å². The van der Waals surface area contributed by atoms with Crippen LogP contribution in [0.4, 0.5) is 0 Å². The number of thioether (sulfide) groups is 1. The molecule has 0 unspecified atom stereocenters. The van der Waals surface area contributed by atoms with Crippen molar-refractivity contribution in [3.05, 3.63) is 16.9 Å². The van der Waals surface area contributed by atoms with Gasteiger partial charge >= 0.3 is 0 Å². The van der Waals surface area contributed by atoms with E-state index >= 15 is 0 Å². The van der Waals surface area contributed by atoms with Crippen molar-refractivity contribution < 1.29 is 0 Å². The maximum Gasteiger partial charge on any atom is 0.170 e. The van der Waals surface area contributed by atoms with Gasteiger partial charge in [0.2, 0.25) is 0 Å². The summed E-state index contributed by atoms with van der Waals surface area (Å²) < 4.78 is 6.04. The molecule has 5 heteroatoms. The second kappa shape index (κ2) is 4.23. The highest BCUT2D eigenvalue weighted by Gasteiger charge is 2.00. The van der Waals surface area contributed by atoms with Crippen LogP contribution in [-0.4, -0.2) is 15.1 Å². The quantitative estimate of drug-likeness (QED) is 0.772. The molecule has 0 aliphatic carbocycles. The van der Waals surface area contributed by atoms with E-state index in [9.17, 15) is 0 Å². The lowest BCUT2D eigenvalue weighted by Gasteiger charge is -1.91. The normalized spacial score (nSPS) is 10.0. The van der Waals surface area contributed by atoms with Crippen LogP contribution in [0.15, 0.2) is 15.4 Å². The molecule has 1 aromatic heterocycles. The zero-order chi connectivity index (χ0) is 8.27. The molecule has 0 radical (unpaired) electrons. The average molecular weight is 251 g/mol. The summed E-state index contributed by atoms with van der Waals surface area (Å²) >= 11 is 6.36. The SMILES string of the molecule is C=C(Br)CSc1nc(C)ns1. The van der Waals surface area contributed by atoms with Crippen LogP contribution >= 0.6 is 39.2 Å². The van der Waals surface area contributed by atoms with E-state index in [0.29, 0.717) is 0 Å². The van der Waals surface area contributed by atoms with E-state index in [4.69, 9.17) is 0 Å². The summed E-state index contributed by atoms with van der Waals surface area (Å²) in [5.41, 5.74) is 0. The summed E-state index contributed by atoms with van der Waals surface area (Å²) in [4.78, 5) is 4.19. The van der Waals surface area contributed by atoms with Crippen molar-refractivity contribution in [2.24, 2.45) is 0 Å². The Bertz CT molecular complexity index is 259. The second-order valence-electron chi connectivity index (χ2n) is 1.91. The van der Waals surface area contributed by atoms with Gasteiger partial charge in [0.25, 0.3) is 0 Å². The van der Waals surface area contributed by atoms with Gasteiger partial charge in [-0.3, -0.25) is 0 Å². The predicted octanol–water partition coefficient (Wildman–Crippen LogP) is 2.85. The van der Waals surface area contributed by atoms with Crippen LogP contribution in [0.3, 0.4) is 0 Å². The van der Waals surface area contributed by atoms with Gasteiger partial charge in [-0.25, -0.2) is 4.98 Å². The molecule has 1 aromatic rings. The van der Waals surface area contributed by atoms with Gasteiger partial charge in [0.15, 0.2) is 4.34 Å². The number of hydrogen-bond donors (Lipinski definition) is 0. The molecule has 1 heterocycles. The Balaban J connectivity index is 2.45. The van der Waals surface area contributed by atoms with Crippen molar-refractivity contribution in [2.75, 3.05) is 5.75 Å². The molecule has 0 aliphatic heterocycles. The Kier molecular flexibility index (Phi) is 3.54. The van der Waals surface area contributed by atoms with Crippen molar-refractivity contribution in [2.45, 2.75) is 11.3 Å². The fourth-order valence-corrected chi connectivity index (χ4v) is 2.22. The zero-order valence-corrected chi connectivity index (χ0v) is 9.22. The average Bonchev–Trinajstić information content (AvgIpc) is 2.31. The largest absolute Gasteiger partial charge is 0.213 e.